The van der Waals surface area contributed by atoms with Gasteiger partial charge in [0.05, 0.1) is 15.7 Å². The van der Waals surface area contributed by atoms with Gasteiger partial charge in [-0.3, -0.25) is 4.79 Å². The lowest BCUT2D eigenvalue weighted by atomic mass is 10.2. The van der Waals surface area contributed by atoms with Crippen LogP contribution in [-0.2, 0) is 0 Å². The molecule has 2 aromatic carbocycles. The molecule has 0 saturated carbocycles. The summed E-state index contributed by atoms with van der Waals surface area (Å²) in [6.45, 7) is 1.90. The third kappa shape index (κ3) is 3.56. The summed E-state index contributed by atoms with van der Waals surface area (Å²) in [4.78, 5) is 12.3. The molecule has 0 atom stereocenters. The van der Waals surface area contributed by atoms with Gasteiger partial charge in [-0.05, 0) is 49.4 Å². The van der Waals surface area contributed by atoms with Crippen molar-refractivity contribution in [2.45, 2.75) is 6.92 Å². The monoisotopic (exact) mass is 379 g/mol. The smallest absolute Gasteiger partial charge is 0.256 e. The Balaban J connectivity index is 1.83. The van der Waals surface area contributed by atoms with Crippen LogP contribution < -0.4 is 5.32 Å². The fraction of sp³-hybridized carbons (Fsp3) is 0.0588. The molecule has 1 heterocycles. The van der Waals surface area contributed by atoms with Gasteiger partial charge in [0, 0.05) is 22.3 Å². The van der Waals surface area contributed by atoms with Gasteiger partial charge in [-0.15, -0.1) is 5.10 Å². The lowest BCUT2D eigenvalue weighted by Crippen LogP contribution is -2.12. The molecule has 1 aromatic heterocycles. The van der Waals surface area contributed by atoms with Crippen molar-refractivity contribution in [3.8, 4) is 5.69 Å². The van der Waals surface area contributed by atoms with E-state index in [0.29, 0.717) is 26.4 Å². The lowest BCUT2D eigenvalue weighted by molar-refractivity contribution is 0.102. The Morgan fingerprint density at radius 3 is 2.38 bits per heavy atom. The van der Waals surface area contributed by atoms with E-state index < -0.39 is 0 Å². The predicted molar refractivity (Wildman–Crippen MR) is 97.7 cm³/mol. The molecule has 3 aromatic rings. The maximum absolute atomic E-state index is 12.3. The van der Waals surface area contributed by atoms with E-state index in [1.807, 2.05) is 19.1 Å². The van der Waals surface area contributed by atoms with E-state index in [-0.39, 0.29) is 5.91 Å². The summed E-state index contributed by atoms with van der Waals surface area (Å²) in [5.74, 6) is 0.132. The van der Waals surface area contributed by atoms with Gasteiger partial charge in [0.25, 0.3) is 5.91 Å². The van der Waals surface area contributed by atoms with Gasteiger partial charge in [-0.1, -0.05) is 34.8 Å². The molecule has 0 saturated heterocycles. The van der Waals surface area contributed by atoms with Crippen LogP contribution in [0.15, 0.2) is 48.5 Å². The minimum Gasteiger partial charge on any atom is -0.305 e. The summed E-state index contributed by atoms with van der Waals surface area (Å²) in [6, 6.07) is 13.8. The van der Waals surface area contributed by atoms with Crippen molar-refractivity contribution in [1.82, 2.24) is 9.78 Å². The molecule has 0 bridgehead atoms. The van der Waals surface area contributed by atoms with E-state index in [4.69, 9.17) is 34.8 Å². The molecule has 1 N–H and O–H groups in total. The van der Waals surface area contributed by atoms with Crippen molar-refractivity contribution in [3.05, 3.63) is 74.9 Å². The van der Waals surface area contributed by atoms with Crippen LogP contribution in [0.2, 0.25) is 15.1 Å². The topological polar surface area (TPSA) is 46.9 Å². The molecule has 0 spiro atoms. The fourth-order valence-electron chi connectivity index (χ4n) is 2.21. The summed E-state index contributed by atoms with van der Waals surface area (Å²) >= 11 is 17.7. The Bertz CT molecular complexity index is 904. The maximum Gasteiger partial charge on any atom is 0.256 e. The average molecular weight is 381 g/mol. The number of amides is 1. The summed E-state index contributed by atoms with van der Waals surface area (Å²) in [5.41, 5.74) is 2.14. The molecule has 122 valence electrons. The quantitative estimate of drug-likeness (QED) is 0.662. The molecular formula is C17H12Cl3N3O. The number of hydrogen-bond donors (Lipinski definition) is 1. The Labute approximate surface area is 154 Å². The molecule has 7 heteroatoms. The van der Waals surface area contributed by atoms with Crippen molar-refractivity contribution >= 4 is 46.5 Å². The van der Waals surface area contributed by atoms with Gasteiger partial charge in [-0.25, -0.2) is 4.68 Å². The number of rotatable bonds is 3. The number of aryl methyl sites for hydroxylation is 1. The van der Waals surface area contributed by atoms with E-state index in [1.165, 1.54) is 6.07 Å². The first-order valence-corrected chi connectivity index (χ1v) is 8.16. The first-order valence-electron chi connectivity index (χ1n) is 7.03. The first-order chi connectivity index (χ1) is 11.4. The van der Waals surface area contributed by atoms with Crippen LogP contribution in [0, 0.1) is 6.92 Å². The third-order valence-corrected chi connectivity index (χ3v) is 4.37. The highest BCUT2D eigenvalue weighted by atomic mass is 35.5. The van der Waals surface area contributed by atoms with E-state index >= 15 is 0 Å². The minimum atomic E-state index is -0.311. The maximum atomic E-state index is 12.3. The fourth-order valence-corrected chi connectivity index (χ4v) is 2.63. The van der Waals surface area contributed by atoms with Gasteiger partial charge in [0.15, 0.2) is 5.82 Å². The molecule has 0 aliphatic heterocycles. The van der Waals surface area contributed by atoms with E-state index in [1.54, 1.807) is 35.0 Å². The Morgan fingerprint density at radius 1 is 1.00 bits per heavy atom. The minimum absolute atomic E-state index is 0.311. The molecular weight excluding hydrogens is 369 g/mol. The number of anilines is 1. The largest absolute Gasteiger partial charge is 0.305 e. The lowest BCUT2D eigenvalue weighted by Gasteiger charge is -2.05. The molecule has 4 nitrogen and oxygen atoms in total. The number of carbonyl (C=O) groups is 1. The highest BCUT2D eigenvalue weighted by molar-refractivity contribution is 6.42. The molecule has 0 radical (unpaired) electrons. The summed E-state index contributed by atoms with van der Waals surface area (Å²) in [7, 11) is 0. The number of nitrogens with one attached hydrogen (secondary N) is 1. The van der Waals surface area contributed by atoms with Crippen molar-refractivity contribution in [2.24, 2.45) is 0 Å². The zero-order valence-electron chi connectivity index (χ0n) is 12.6. The molecule has 0 aliphatic carbocycles. The van der Waals surface area contributed by atoms with Crippen molar-refractivity contribution < 1.29 is 4.79 Å². The van der Waals surface area contributed by atoms with Crippen LogP contribution in [0.4, 0.5) is 5.82 Å². The summed E-state index contributed by atoms with van der Waals surface area (Å²) in [5, 5.41) is 8.52. The van der Waals surface area contributed by atoms with E-state index in [2.05, 4.69) is 10.4 Å². The third-order valence-electron chi connectivity index (χ3n) is 3.38. The van der Waals surface area contributed by atoms with Crippen LogP contribution in [0.1, 0.15) is 16.1 Å². The molecule has 1 amide bonds. The highest BCUT2D eigenvalue weighted by Crippen LogP contribution is 2.23. The van der Waals surface area contributed by atoms with E-state index in [0.717, 1.165) is 11.4 Å². The number of halogens is 3. The average Bonchev–Trinajstić information content (AvgIpc) is 2.91. The van der Waals surface area contributed by atoms with E-state index in [9.17, 15) is 4.79 Å². The SMILES string of the molecule is Cc1cc(NC(=O)c2ccc(Cl)c(Cl)c2)nn1-c1ccc(Cl)cc1. The van der Waals surface area contributed by atoms with Crippen LogP contribution in [0.3, 0.4) is 0 Å². The molecule has 0 aliphatic rings. The van der Waals surface area contributed by atoms with Crippen LogP contribution >= 0.6 is 34.8 Å². The zero-order chi connectivity index (χ0) is 17.3. The second kappa shape index (κ2) is 6.85. The standard InChI is InChI=1S/C17H12Cl3N3O/c1-10-8-16(22-23(10)13-5-3-12(18)4-6-13)21-17(24)11-2-7-14(19)15(20)9-11/h2-9H,1H3,(H,21,22,24). The van der Waals surface area contributed by atoms with Gasteiger partial charge in [0.1, 0.15) is 0 Å². The van der Waals surface area contributed by atoms with Crippen molar-refractivity contribution in [3.63, 3.8) is 0 Å². The van der Waals surface area contributed by atoms with Crippen LogP contribution in [-0.4, -0.2) is 15.7 Å². The number of benzene rings is 2. The first kappa shape index (κ1) is 16.8. The van der Waals surface area contributed by atoms with Gasteiger partial charge in [0.2, 0.25) is 0 Å². The molecule has 0 fully saturated rings. The predicted octanol–water partition coefficient (Wildman–Crippen LogP) is 5.39. The van der Waals surface area contributed by atoms with Gasteiger partial charge >= 0.3 is 0 Å². The molecule has 24 heavy (non-hydrogen) atoms. The van der Waals surface area contributed by atoms with Gasteiger partial charge in [-0.2, -0.15) is 0 Å². The van der Waals surface area contributed by atoms with Gasteiger partial charge < -0.3 is 5.32 Å². The normalized spacial score (nSPS) is 10.7. The molecule has 0 unspecified atom stereocenters. The van der Waals surface area contributed by atoms with Crippen LogP contribution in [0.5, 0.6) is 0 Å². The summed E-state index contributed by atoms with van der Waals surface area (Å²) < 4.78 is 1.72. The summed E-state index contributed by atoms with van der Waals surface area (Å²) in [6.07, 6.45) is 0. The molecule has 3 rings (SSSR count). The van der Waals surface area contributed by atoms with Crippen molar-refractivity contribution in [2.75, 3.05) is 5.32 Å². The Kier molecular flexibility index (Phi) is 4.81. The Hall–Kier alpha value is -2.01. The number of nitrogens with zero attached hydrogens (tertiary/aromatic N) is 2. The second-order valence-corrected chi connectivity index (χ2v) is 6.39. The number of hydrogen-bond acceptors (Lipinski definition) is 2. The number of carbonyl (C=O) groups excluding carboxylic acids is 1. The second-order valence-electron chi connectivity index (χ2n) is 5.14. The van der Waals surface area contributed by atoms with Crippen LogP contribution in [0.25, 0.3) is 5.69 Å². The number of aromatic nitrogens is 2. The Morgan fingerprint density at radius 2 is 1.71 bits per heavy atom. The zero-order valence-corrected chi connectivity index (χ0v) is 14.8. The van der Waals surface area contributed by atoms with Crippen molar-refractivity contribution in [1.29, 1.82) is 0 Å². The highest BCUT2D eigenvalue weighted by Gasteiger charge is 2.12.